The molecule has 4 rings (SSSR count). The molecular weight excluding hydrogens is 240 g/mol. The summed E-state index contributed by atoms with van der Waals surface area (Å²) < 4.78 is 0. The molecule has 2 aromatic rings. The lowest BCUT2D eigenvalue weighted by Crippen LogP contribution is -2.32. The molecule has 2 aliphatic carbocycles. The first-order valence-electron chi connectivity index (χ1n) is 8.34. The second kappa shape index (κ2) is 4.35. The van der Waals surface area contributed by atoms with Gasteiger partial charge in [-0.15, -0.1) is 0 Å². The maximum absolute atomic E-state index is 2.46. The topological polar surface area (TPSA) is 0 Å². The Hall–Kier alpha value is -1.30. The van der Waals surface area contributed by atoms with Crippen LogP contribution in [0.3, 0.4) is 0 Å². The lowest BCUT2D eigenvalue weighted by atomic mass is 9.61. The van der Waals surface area contributed by atoms with Crippen molar-refractivity contribution < 1.29 is 0 Å². The molecule has 0 heterocycles. The molecule has 0 aromatic heterocycles. The van der Waals surface area contributed by atoms with E-state index in [0.717, 1.165) is 5.92 Å². The summed E-state index contributed by atoms with van der Waals surface area (Å²) in [7, 11) is 0. The number of benzene rings is 2. The van der Waals surface area contributed by atoms with Crippen LogP contribution in [0.25, 0.3) is 10.8 Å². The lowest BCUT2D eigenvalue weighted by molar-refractivity contribution is 0.308. The Bertz CT molecular complexity index is 661. The monoisotopic (exact) mass is 264 g/mol. The summed E-state index contributed by atoms with van der Waals surface area (Å²) >= 11 is 0. The molecule has 0 aliphatic heterocycles. The van der Waals surface area contributed by atoms with Gasteiger partial charge in [-0.25, -0.2) is 0 Å². The molecule has 0 heteroatoms. The van der Waals surface area contributed by atoms with Crippen molar-refractivity contribution in [3.8, 4) is 0 Å². The molecule has 2 aromatic carbocycles. The summed E-state index contributed by atoms with van der Waals surface area (Å²) in [5, 5.41) is 3.08. The van der Waals surface area contributed by atoms with E-state index in [2.05, 4.69) is 44.2 Å². The van der Waals surface area contributed by atoms with E-state index in [0.29, 0.717) is 5.41 Å². The molecule has 0 bridgehead atoms. The highest BCUT2D eigenvalue weighted by molar-refractivity contribution is 5.91. The molecule has 104 valence electrons. The van der Waals surface area contributed by atoms with E-state index in [1.54, 1.807) is 22.1 Å². The van der Waals surface area contributed by atoms with E-state index in [1.165, 1.54) is 43.9 Å². The zero-order chi connectivity index (χ0) is 13.7. The van der Waals surface area contributed by atoms with Gasteiger partial charge in [0.1, 0.15) is 0 Å². The molecule has 0 saturated carbocycles. The summed E-state index contributed by atoms with van der Waals surface area (Å²) in [6.07, 6.45) is 8.03. The minimum Gasteiger partial charge on any atom is -0.0645 e. The zero-order valence-corrected chi connectivity index (χ0v) is 12.7. The fourth-order valence-electron chi connectivity index (χ4n) is 4.91. The summed E-state index contributed by atoms with van der Waals surface area (Å²) in [5.74, 6) is 0.829. The number of hydrogen-bond donors (Lipinski definition) is 0. The molecule has 0 nitrogen and oxygen atoms in total. The van der Waals surface area contributed by atoms with E-state index >= 15 is 0 Å². The molecule has 0 spiro atoms. The second-order valence-electron chi connectivity index (χ2n) is 6.80. The molecule has 1 atom stereocenters. The van der Waals surface area contributed by atoms with Gasteiger partial charge in [0.25, 0.3) is 0 Å². The average Bonchev–Trinajstić information content (AvgIpc) is 2.52. The molecule has 0 saturated heterocycles. The zero-order valence-electron chi connectivity index (χ0n) is 12.7. The Labute approximate surface area is 122 Å². The third-order valence-corrected chi connectivity index (χ3v) is 6.24. The van der Waals surface area contributed by atoms with Gasteiger partial charge in [-0.3, -0.25) is 0 Å². The van der Waals surface area contributed by atoms with Gasteiger partial charge in [-0.2, -0.15) is 0 Å². The molecule has 2 aliphatic rings. The third kappa shape index (κ3) is 1.48. The van der Waals surface area contributed by atoms with E-state index in [4.69, 9.17) is 0 Å². The second-order valence-corrected chi connectivity index (χ2v) is 6.80. The van der Waals surface area contributed by atoms with Crippen molar-refractivity contribution in [1.29, 1.82) is 0 Å². The average molecular weight is 264 g/mol. The van der Waals surface area contributed by atoms with E-state index in [9.17, 15) is 0 Å². The first kappa shape index (κ1) is 12.4. The Morgan fingerprint density at radius 1 is 1.05 bits per heavy atom. The molecule has 0 N–H and O–H groups in total. The SMILES string of the molecule is CCC1(CC)CCC2CCc3cccc4ccc1c2c34. The molecule has 0 amide bonds. The summed E-state index contributed by atoms with van der Waals surface area (Å²) in [6.45, 7) is 4.77. The van der Waals surface area contributed by atoms with Crippen molar-refractivity contribution in [2.45, 2.75) is 63.7 Å². The molecule has 1 unspecified atom stereocenters. The van der Waals surface area contributed by atoms with Crippen LogP contribution in [-0.4, -0.2) is 0 Å². The predicted molar refractivity (Wildman–Crippen MR) is 86.5 cm³/mol. The fraction of sp³-hybridized carbons (Fsp3) is 0.500. The highest BCUT2D eigenvalue weighted by Crippen LogP contribution is 2.52. The first-order valence-corrected chi connectivity index (χ1v) is 8.34. The highest BCUT2D eigenvalue weighted by atomic mass is 14.4. The Balaban J connectivity index is 2.09. The van der Waals surface area contributed by atoms with Gasteiger partial charge in [0, 0.05) is 0 Å². The molecular formula is C20H24. The normalized spacial score (nSPS) is 23.0. The van der Waals surface area contributed by atoms with E-state index in [-0.39, 0.29) is 0 Å². The highest BCUT2D eigenvalue weighted by Gasteiger charge is 2.39. The van der Waals surface area contributed by atoms with Crippen molar-refractivity contribution in [2.75, 3.05) is 0 Å². The van der Waals surface area contributed by atoms with E-state index in [1.807, 2.05) is 0 Å². The maximum Gasteiger partial charge on any atom is -0.00489 e. The Kier molecular flexibility index (Phi) is 2.70. The van der Waals surface area contributed by atoms with Crippen molar-refractivity contribution in [1.82, 2.24) is 0 Å². The quantitative estimate of drug-likeness (QED) is 0.650. The Morgan fingerprint density at radius 2 is 1.90 bits per heavy atom. The standard InChI is InChI=1S/C20H24/c1-3-20(4-2)13-12-16-9-8-14-6-5-7-15-10-11-17(20)19(16)18(14)15/h5-7,10-11,16H,3-4,8-9,12-13H2,1-2H3. The van der Waals surface area contributed by atoms with Crippen LogP contribution < -0.4 is 0 Å². The van der Waals surface area contributed by atoms with Gasteiger partial charge in [-0.05, 0) is 77.3 Å². The van der Waals surface area contributed by atoms with E-state index < -0.39 is 0 Å². The summed E-state index contributed by atoms with van der Waals surface area (Å²) in [4.78, 5) is 0. The van der Waals surface area contributed by atoms with Crippen LogP contribution >= 0.6 is 0 Å². The Morgan fingerprint density at radius 3 is 2.70 bits per heavy atom. The van der Waals surface area contributed by atoms with Crippen molar-refractivity contribution in [3.05, 3.63) is 47.0 Å². The van der Waals surface area contributed by atoms with Gasteiger partial charge in [0.15, 0.2) is 0 Å². The van der Waals surface area contributed by atoms with Crippen LogP contribution in [0.2, 0.25) is 0 Å². The van der Waals surface area contributed by atoms with Crippen molar-refractivity contribution >= 4 is 10.8 Å². The van der Waals surface area contributed by atoms with Crippen molar-refractivity contribution in [3.63, 3.8) is 0 Å². The van der Waals surface area contributed by atoms with Crippen molar-refractivity contribution in [2.24, 2.45) is 0 Å². The fourth-order valence-corrected chi connectivity index (χ4v) is 4.91. The van der Waals surface area contributed by atoms with Crippen LogP contribution in [0.15, 0.2) is 30.3 Å². The number of hydrogen-bond acceptors (Lipinski definition) is 0. The van der Waals surface area contributed by atoms with Gasteiger partial charge in [0.05, 0.1) is 0 Å². The van der Waals surface area contributed by atoms with Gasteiger partial charge in [0.2, 0.25) is 0 Å². The van der Waals surface area contributed by atoms with Crippen LogP contribution in [-0.2, 0) is 11.8 Å². The number of aryl methyl sites for hydroxylation is 1. The van der Waals surface area contributed by atoms with Gasteiger partial charge < -0.3 is 0 Å². The minimum atomic E-state index is 0.449. The van der Waals surface area contributed by atoms with Crippen LogP contribution in [0, 0.1) is 0 Å². The smallest absolute Gasteiger partial charge is 0.00489 e. The maximum atomic E-state index is 2.46. The van der Waals surface area contributed by atoms with Gasteiger partial charge >= 0.3 is 0 Å². The summed E-state index contributed by atoms with van der Waals surface area (Å²) in [6, 6.07) is 11.7. The first-order chi connectivity index (χ1) is 9.79. The molecule has 0 radical (unpaired) electrons. The van der Waals surface area contributed by atoms with Crippen LogP contribution in [0.5, 0.6) is 0 Å². The lowest BCUT2D eigenvalue weighted by Gasteiger charge is -2.43. The van der Waals surface area contributed by atoms with Crippen LogP contribution in [0.4, 0.5) is 0 Å². The summed E-state index contributed by atoms with van der Waals surface area (Å²) in [5.41, 5.74) is 5.47. The number of rotatable bonds is 2. The largest absolute Gasteiger partial charge is 0.0645 e. The minimum absolute atomic E-state index is 0.449. The third-order valence-electron chi connectivity index (χ3n) is 6.24. The molecule has 20 heavy (non-hydrogen) atoms. The van der Waals surface area contributed by atoms with Crippen LogP contribution in [0.1, 0.15) is 68.6 Å². The predicted octanol–water partition coefficient (Wildman–Crippen LogP) is 5.72. The van der Waals surface area contributed by atoms with Gasteiger partial charge in [-0.1, -0.05) is 44.2 Å². The molecule has 0 fully saturated rings.